The van der Waals surface area contributed by atoms with E-state index in [0.717, 1.165) is 11.3 Å². The summed E-state index contributed by atoms with van der Waals surface area (Å²) in [6.07, 6.45) is 8.65. The molecule has 0 aliphatic heterocycles. The SMILES string of the molecule is C#CCn1nc(-c2cccnc2)cc1N. The summed E-state index contributed by atoms with van der Waals surface area (Å²) in [5, 5.41) is 4.28. The van der Waals surface area contributed by atoms with Crippen LogP contribution in [-0.4, -0.2) is 14.8 Å². The molecule has 0 radical (unpaired) electrons. The Kier molecular flexibility index (Phi) is 2.38. The molecule has 0 fully saturated rings. The Bertz CT molecular complexity index is 493. The van der Waals surface area contributed by atoms with Crippen molar-refractivity contribution in [3.05, 3.63) is 30.6 Å². The van der Waals surface area contributed by atoms with E-state index in [0.29, 0.717) is 12.4 Å². The molecule has 74 valence electrons. The van der Waals surface area contributed by atoms with E-state index in [1.54, 1.807) is 23.1 Å². The Labute approximate surface area is 87.7 Å². The number of terminal acetylenes is 1. The standard InChI is InChI=1S/C11H10N4/c1-2-6-15-11(12)7-10(14-15)9-4-3-5-13-8-9/h1,3-5,7-8H,6,12H2. The summed E-state index contributed by atoms with van der Waals surface area (Å²) >= 11 is 0. The smallest absolute Gasteiger partial charge is 0.123 e. The molecule has 0 amide bonds. The lowest BCUT2D eigenvalue weighted by Gasteiger charge is -1.96. The molecule has 0 bridgehead atoms. The zero-order valence-electron chi connectivity index (χ0n) is 8.09. The normalized spacial score (nSPS) is 9.80. The summed E-state index contributed by atoms with van der Waals surface area (Å²) < 4.78 is 1.59. The van der Waals surface area contributed by atoms with Crippen LogP contribution >= 0.6 is 0 Å². The van der Waals surface area contributed by atoms with E-state index < -0.39 is 0 Å². The fraction of sp³-hybridized carbons (Fsp3) is 0.0909. The van der Waals surface area contributed by atoms with Gasteiger partial charge in [0.15, 0.2) is 0 Å². The molecule has 2 aromatic rings. The average molecular weight is 198 g/mol. The Balaban J connectivity index is 2.40. The van der Waals surface area contributed by atoms with E-state index in [1.165, 1.54) is 0 Å². The molecule has 2 heterocycles. The predicted octanol–water partition coefficient (Wildman–Crippen LogP) is 1.16. The van der Waals surface area contributed by atoms with Crippen molar-refractivity contribution in [1.82, 2.24) is 14.8 Å². The van der Waals surface area contributed by atoms with Gasteiger partial charge in [0.25, 0.3) is 0 Å². The molecule has 0 atom stereocenters. The first-order valence-electron chi connectivity index (χ1n) is 4.48. The van der Waals surface area contributed by atoms with E-state index >= 15 is 0 Å². The molecule has 0 aromatic carbocycles. The van der Waals surface area contributed by atoms with E-state index in [9.17, 15) is 0 Å². The number of hydrogen-bond acceptors (Lipinski definition) is 3. The Hall–Kier alpha value is -2.28. The highest BCUT2D eigenvalue weighted by Crippen LogP contribution is 2.18. The van der Waals surface area contributed by atoms with Crippen molar-refractivity contribution in [3.8, 4) is 23.6 Å². The van der Waals surface area contributed by atoms with Crippen molar-refractivity contribution in [2.75, 3.05) is 5.73 Å². The fourth-order valence-electron chi connectivity index (χ4n) is 1.30. The molecule has 15 heavy (non-hydrogen) atoms. The van der Waals surface area contributed by atoms with Gasteiger partial charge in [-0.25, -0.2) is 4.68 Å². The van der Waals surface area contributed by atoms with Crippen LogP contribution in [0.4, 0.5) is 5.82 Å². The summed E-state index contributed by atoms with van der Waals surface area (Å²) in [6.45, 7) is 0.381. The summed E-state index contributed by atoms with van der Waals surface area (Å²) in [4.78, 5) is 4.02. The van der Waals surface area contributed by atoms with Crippen LogP contribution in [-0.2, 0) is 6.54 Å². The van der Waals surface area contributed by atoms with Gasteiger partial charge >= 0.3 is 0 Å². The van der Waals surface area contributed by atoms with Crippen LogP contribution in [0, 0.1) is 12.3 Å². The number of anilines is 1. The molecule has 0 saturated heterocycles. The number of nitrogens with two attached hydrogens (primary N) is 1. The van der Waals surface area contributed by atoms with Gasteiger partial charge in [-0.1, -0.05) is 5.92 Å². The molecule has 0 aliphatic rings. The van der Waals surface area contributed by atoms with E-state index in [1.807, 2.05) is 12.1 Å². The molecule has 0 aliphatic carbocycles. The molecule has 4 heteroatoms. The molecule has 0 unspecified atom stereocenters. The van der Waals surface area contributed by atoms with Crippen LogP contribution in [0.2, 0.25) is 0 Å². The molecule has 2 N–H and O–H groups in total. The first-order valence-corrected chi connectivity index (χ1v) is 4.48. The topological polar surface area (TPSA) is 56.7 Å². The largest absolute Gasteiger partial charge is 0.384 e. The first kappa shape index (κ1) is 9.28. The van der Waals surface area contributed by atoms with Crippen molar-refractivity contribution >= 4 is 5.82 Å². The Morgan fingerprint density at radius 2 is 2.40 bits per heavy atom. The quantitative estimate of drug-likeness (QED) is 0.737. The minimum Gasteiger partial charge on any atom is -0.384 e. The van der Waals surface area contributed by atoms with Gasteiger partial charge in [-0.05, 0) is 12.1 Å². The van der Waals surface area contributed by atoms with Crippen LogP contribution in [0.15, 0.2) is 30.6 Å². The number of pyridine rings is 1. The molecular formula is C11H10N4. The number of hydrogen-bond donors (Lipinski definition) is 1. The zero-order chi connectivity index (χ0) is 10.7. The minimum absolute atomic E-state index is 0.381. The lowest BCUT2D eigenvalue weighted by molar-refractivity contribution is 0.729. The predicted molar refractivity (Wildman–Crippen MR) is 58.7 cm³/mol. The maximum absolute atomic E-state index is 5.75. The number of nitrogens with zero attached hydrogens (tertiary/aromatic N) is 3. The van der Waals surface area contributed by atoms with E-state index in [-0.39, 0.29) is 0 Å². The Morgan fingerprint density at radius 1 is 1.53 bits per heavy atom. The minimum atomic E-state index is 0.381. The Morgan fingerprint density at radius 3 is 3.07 bits per heavy atom. The summed E-state index contributed by atoms with van der Waals surface area (Å²) in [7, 11) is 0. The monoisotopic (exact) mass is 198 g/mol. The van der Waals surface area contributed by atoms with Crippen LogP contribution in [0.25, 0.3) is 11.3 Å². The van der Waals surface area contributed by atoms with E-state index in [4.69, 9.17) is 12.2 Å². The van der Waals surface area contributed by atoms with Gasteiger partial charge in [-0.2, -0.15) is 5.10 Å². The van der Waals surface area contributed by atoms with Crippen LogP contribution in [0.3, 0.4) is 0 Å². The zero-order valence-corrected chi connectivity index (χ0v) is 8.09. The third-order valence-corrected chi connectivity index (χ3v) is 2.01. The summed E-state index contributed by atoms with van der Waals surface area (Å²) in [6, 6.07) is 5.56. The first-order chi connectivity index (χ1) is 7.31. The second-order valence-corrected chi connectivity index (χ2v) is 3.06. The summed E-state index contributed by atoms with van der Waals surface area (Å²) in [5.41, 5.74) is 7.47. The average Bonchev–Trinajstić information content (AvgIpc) is 2.63. The van der Waals surface area contributed by atoms with Gasteiger partial charge in [-0.15, -0.1) is 6.42 Å². The molecule has 2 rings (SSSR count). The number of rotatable bonds is 2. The molecule has 0 saturated carbocycles. The van der Waals surface area contributed by atoms with Crippen molar-refractivity contribution < 1.29 is 0 Å². The van der Waals surface area contributed by atoms with Crippen molar-refractivity contribution in [2.24, 2.45) is 0 Å². The van der Waals surface area contributed by atoms with Gasteiger partial charge in [0.2, 0.25) is 0 Å². The lowest BCUT2D eigenvalue weighted by Crippen LogP contribution is -2.02. The van der Waals surface area contributed by atoms with Gasteiger partial charge in [0, 0.05) is 24.0 Å². The maximum atomic E-state index is 5.75. The molecule has 4 nitrogen and oxygen atoms in total. The van der Waals surface area contributed by atoms with Gasteiger partial charge in [0.05, 0.1) is 5.69 Å². The van der Waals surface area contributed by atoms with Gasteiger partial charge < -0.3 is 5.73 Å². The fourth-order valence-corrected chi connectivity index (χ4v) is 1.30. The highest BCUT2D eigenvalue weighted by atomic mass is 15.3. The van der Waals surface area contributed by atoms with Gasteiger partial charge in [-0.3, -0.25) is 4.98 Å². The molecule has 0 spiro atoms. The van der Waals surface area contributed by atoms with Gasteiger partial charge in [0.1, 0.15) is 12.4 Å². The third kappa shape index (κ3) is 1.81. The maximum Gasteiger partial charge on any atom is 0.123 e. The number of nitrogen functional groups attached to an aromatic ring is 1. The third-order valence-electron chi connectivity index (χ3n) is 2.01. The van der Waals surface area contributed by atoms with Crippen LogP contribution in [0.5, 0.6) is 0 Å². The molecular weight excluding hydrogens is 188 g/mol. The summed E-state index contributed by atoms with van der Waals surface area (Å²) in [5.74, 6) is 3.06. The van der Waals surface area contributed by atoms with Crippen molar-refractivity contribution in [2.45, 2.75) is 6.54 Å². The highest BCUT2D eigenvalue weighted by Gasteiger charge is 2.05. The van der Waals surface area contributed by atoms with Crippen molar-refractivity contribution in [1.29, 1.82) is 0 Å². The molecule has 2 aromatic heterocycles. The van der Waals surface area contributed by atoms with E-state index in [2.05, 4.69) is 16.0 Å². The van der Waals surface area contributed by atoms with Crippen LogP contribution < -0.4 is 5.73 Å². The second-order valence-electron chi connectivity index (χ2n) is 3.06. The number of aromatic nitrogens is 3. The van der Waals surface area contributed by atoms with Crippen molar-refractivity contribution in [3.63, 3.8) is 0 Å². The lowest BCUT2D eigenvalue weighted by atomic mass is 10.2. The van der Waals surface area contributed by atoms with Crippen LogP contribution in [0.1, 0.15) is 0 Å². The second kappa shape index (κ2) is 3.84. The highest BCUT2D eigenvalue weighted by molar-refractivity contribution is 5.61.